The summed E-state index contributed by atoms with van der Waals surface area (Å²) in [7, 11) is 0. The van der Waals surface area contributed by atoms with Crippen molar-refractivity contribution in [1.29, 1.82) is 0 Å². The summed E-state index contributed by atoms with van der Waals surface area (Å²) in [5, 5.41) is 3.57. The van der Waals surface area contributed by atoms with Gasteiger partial charge in [-0.25, -0.2) is 0 Å². The van der Waals surface area contributed by atoms with Crippen LogP contribution in [0, 0.1) is 0 Å². The van der Waals surface area contributed by atoms with Crippen molar-refractivity contribution in [2.75, 3.05) is 13.2 Å². The second-order valence-electron chi connectivity index (χ2n) is 4.52. The van der Waals surface area contributed by atoms with E-state index < -0.39 is 0 Å². The molecule has 0 aromatic rings. The van der Waals surface area contributed by atoms with E-state index >= 15 is 0 Å². The van der Waals surface area contributed by atoms with Crippen molar-refractivity contribution in [3.8, 4) is 0 Å². The Kier molecular flexibility index (Phi) is 4.90. The summed E-state index contributed by atoms with van der Waals surface area (Å²) in [5.74, 6) is 0. The maximum absolute atomic E-state index is 5.89. The van der Waals surface area contributed by atoms with Crippen LogP contribution in [-0.4, -0.2) is 24.8 Å². The van der Waals surface area contributed by atoms with E-state index in [0.29, 0.717) is 6.04 Å². The molecule has 1 rings (SSSR count). The van der Waals surface area contributed by atoms with Crippen LogP contribution in [0.5, 0.6) is 0 Å². The largest absolute Gasteiger partial charge is 0.374 e. The van der Waals surface area contributed by atoms with Gasteiger partial charge in [0.05, 0.1) is 5.60 Å². The van der Waals surface area contributed by atoms with Gasteiger partial charge < -0.3 is 10.1 Å². The Labute approximate surface area is 88.4 Å². The molecule has 1 heterocycles. The summed E-state index contributed by atoms with van der Waals surface area (Å²) >= 11 is 0. The lowest BCUT2D eigenvalue weighted by molar-refractivity contribution is -0.0139. The molecular weight excluding hydrogens is 174 g/mol. The average molecular weight is 199 g/mol. The molecule has 2 unspecified atom stereocenters. The van der Waals surface area contributed by atoms with Crippen molar-refractivity contribution in [1.82, 2.24) is 5.32 Å². The van der Waals surface area contributed by atoms with Crippen molar-refractivity contribution in [2.24, 2.45) is 0 Å². The SMILES string of the molecule is CCCCC(NCC)C1(C)CCCO1. The Morgan fingerprint density at radius 1 is 1.43 bits per heavy atom. The molecule has 84 valence electrons. The summed E-state index contributed by atoms with van der Waals surface area (Å²) in [6.07, 6.45) is 6.27. The molecule has 0 aromatic carbocycles. The van der Waals surface area contributed by atoms with E-state index in [9.17, 15) is 0 Å². The van der Waals surface area contributed by atoms with Gasteiger partial charge in [-0.05, 0) is 32.7 Å². The quantitative estimate of drug-likeness (QED) is 0.710. The van der Waals surface area contributed by atoms with Gasteiger partial charge in [-0.3, -0.25) is 0 Å². The van der Waals surface area contributed by atoms with E-state index in [2.05, 4.69) is 26.1 Å². The van der Waals surface area contributed by atoms with Crippen molar-refractivity contribution in [3.63, 3.8) is 0 Å². The fourth-order valence-electron chi connectivity index (χ4n) is 2.35. The third kappa shape index (κ3) is 2.96. The highest BCUT2D eigenvalue weighted by molar-refractivity contribution is 4.92. The van der Waals surface area contributed by atoms with Gasteiger partial charge in [0.1, 0.15) is 0 Å². The number of nitrogens with one attached hydrogen (secondary N) is 1. The average Bonchev–Trinajstić information content (AvgIpc) is 2.60. The van der Waals surface area contributed by atoms with Crippen LogP contribution in [0.1, 0.15) is 52.9 Å². The molecule has 0 radical (unpaired) electrons. The summed E-state index contributed by atoms with van der Waals surface area (Å²) < 4.78 is 5.89. The molecule has 0 spiro atoms. The van der Waals surface area contributed by atoms with Crippen LogP contribution >= 0.6 is 0 Å². The first-order chi connectivity index (χ1) is 6.73. The predicted molar refractivity (Wildman–Crippen MR) is 60.6 cm³/mol. The number of hydrogen-bond donors (Lipinski definition) is 1. The fourth-order valence-corrected chi connectivity index (χ4v) is 2.35. The summed E-state index contributed by atoms with van der Waals surface area (Å²) in [4.78, 5) is 0. The Morgan fingerprint density at radius 2 is 2.21 bits per heavy atom. The lowest BCUT2D eigenvalue weighted by Crippen LogP contribution is -2.48. The number of rotatable bonds is 6. The zero-order valence-electron chi connectivity index (χ0n) is 9.94. The van der Waals surface area contributed by atoms with Gasteiger partial charge in [0.25, 0.3) is 0 Å². The maximum atomic E-state index is 5.89. The summed E-state index contributed by atoms with van der Waals surface area (Å²) in [6, 6.07) is 0.551. The third-order valence-electron chi connectivity index (χ3n) is 3.28. The molecule has 1 fully saturated rings. The van der Waals surface area contributed by atoms with E-state index in [-0.39, 0.29) is 5.60 Å². The predicted octanol–water partition coefficient (Wildman–Crippen LogP) is 2.72. The number of likely N-dealkylation sites (N-methyl/N-ethyl adjacent to an activating group) is 1. The van der Waals surface area contributed by atoms with Gasteiger partial charge in [-0.1, -0.05) is 26.7 Å². The molecule has 0 aromatic heterocycles. The standard InChI is InChI=1S/C12H25NO/c1-4-6-8-11(13-5-2)12(3)9-7-10-14-12/h11,13H,4-10H2,1-3H3. The lowest BCUT2D eigenvalue weighted by atomic mass is 9.89. The van der Waals surface area contributed by atoms with Crippen molar-refractivity contribution in [2.45, 2.75) is 64.5 Å². The van der Waals surface area contributed by atoms with Gasteiger partial charge >= 0.3 is 0 Å². The Balaban J connectivity index is 2.46. The molecule has 0 saturated carbocycles. The molecule has 0 amide bonds. The van der Waals surface area contributed by atoms with Crippen LogP contribution in [0.4, 0.5) is 0 Å². The van der Waals surface area contributed by atoms with Crippen molar-refractivity contribution < 1.29 is 4.74 Å². The Bertz CT molecular complexity index is 152. The first kappa shape index (κ1) is 12.0. The van der Waals surface area contributed by atoms with Gasteiger partial charge in [0.15, 0.2) is 0 Å². The zero-order chi connectivity index (χ0) is 10.4. The van der Waals surface area contributed by atoms with Gasteiger partial charge in [-0.15, -0.1) is 0 Å². The molecule has 1 saturated heterocycles. The van der Waals surface area contributed by atoms with Crippen LogP contribution in [0.2, 0.25) is 0 Å². The van der Waals surface area contributed by atoms with Crippen LogP contribution < -0.4 is 5.32 Å². The van der Waals surface area contributed by atoms with E-state index in [0.717, 1.165) is 13.2 Å². The third-order valence-corrected chi connectivity index (χ3v) is 3.28. The van der Waals surface area contributed by atoms with E-state index in [1.54, 1.807) is 0 Å². The highest BCUT2D eigenvalue weighted by atomic mass is 16.5. The van der Waals surface area contributed by atoms with Crippen LogP contribution in [0.15, 0.2) is 0 Å². The smallest absolute Gasteiger partial charge is 0.0807 e. The number of unbranched alkanes of at least 4 members (excludes halogenated alkanes) is 1. The molecule has 0 aliphatic carbocycles. The number of hydrogen-bond acceptors (Lipinski definition) is 2. The second kappa shape index (κ2) is 5.72. The maximum Gasteiger partial charge on any atom is 0.0807 e. The van der Waals surface area contributed by atoms with Crippen molar-refractivity contribution >= 4 is 0 Å². The minimum absolute atomic E-state index is 0.102. The molecule has 0 bridgehead atoms. The van der Waals surface area contributed by atoms with Gasteiger partial charge in [0, 0.05) is 12.6 Å². The van der Waals surface area contributed by atoms with E-state index in [1.807, 2.05) is 0 Å². The molecule has 1 aliphatic heterocycles. The topological polar surface area (TPSA) is 21.3 Å². The molecule has 1 N–H and O–H groups in total. The molecule has 2 heteroatoms. The molecule has 1 aliphatic rings. The van der Waals surface area contributed by atoms with Crippen LogP contribution in [0.25, 0.3) is 0 Å². The highest BCUT2D eigenvalue weighted by Crippen LogP contribution is 2.30. The summed E-state index contributed by atoms with van der Waals surface area (Å²) in [6.45, 7) is 8.69. The lowest BCUT2D eigenvalue weighted by Gasteiger charge is -2.34. The monoisotopic (exact) mass is 199 g/mol. The van der Waals surface area contributed by atoms with Gasteiger partial charge in [0.2, 0.25) is 0 Å². The van der Waals surface area contributed by atoms with Crippen LogP contribution in [-0.2, 0) is 4.74 Å². The highest BCUT2D eigenvalue weighted by Gasteiger charge is 2.37. The fraction of sp³-hybridized carbons (Fsp3) is 1.00. The molecule has 2 nitrogen and oxygen atoms in total. The first-order valence-electron chi connectivity index (χ1n) is 6.10. The molecule has 14 heavy (non-hydrogen) atoms. The number of ether oxygens (including phenoxy) is 1. The minimum atomic E-state index is 0.102. The Hall–Kier alpha value is -0.0800. The van der Waals surface area contributed by atoms with Crippen molar-refractivity contribution in [3.05, 3.63) is 0 Å². The Morgan fingerprint density at radius 3 is 2.71 bits per heavy atom. The van der Waals surface area contributed by atoms with E-state index in [4.69, 9.17) is 4.74 Å². The minimum Gasteiger partial charge on any atom is -0.374 e. The van der Waals surface area contributed by atoms with Crippen LogP contribution in [0.3, 0.4) is 0 Å². The first-order valence-corrected chi connectivity index (χ1v) is 6.10. The summed E-state index contributed by atoms with van der Waals surface area (Å²) in [5.41, 5.74) is 0.102. The second-order valence-corrected chi connectivity index (χ2v) is 4.52. The van der Waals surface area contributed by atoms with E-state index in [1.165, 1.54) is 32.1 Å². The molecular formula is C12H25NO. The normalized spacial score (nSPS) is 29.4. The van der Waals surface area contributed by atoms with Gasteiger partial charge in [-0.2, -0.15) is 0 Å². The zero-order valence-corrected chi connectivity index (χ0v) is 9.94. The molecule has 2 atom stereocenters.